The average Bonchev–Trinajstić information content (AvgIpc) is 1.82. The van der Waals surface area contributed by atoms with Crippen LogP contribution in [0.2, 0.25) is 0 Å². The molecule has 3 heteroatoms. The highest BCUT2D eigenvalue weighted by molar-refractivity contribution is 5.73. The summed E-state index contributed by atoms with van der Waals surface area (Å²) in [5.74, 6) is -0.135. The van der Waals surface area contributed by atoms with Gasteiger partial charge in [-0.2, -0.15) is 0 Å². The van der Waals surface area contributed by atoms with Crippen LogP contribution >= 0.6 is 0 Å². The fourth-order valence-electron chi connectivity index (χ4n) is 1.02. The largest absolute Gasteiger partial charge is 0.460 e. The summed E-state index contributed by atoms with van der Waals surface area (Å²) in [5.41, 5.74) is 5.08. The van der Waals surface area contributed by atoms with Gasteiger partial charge in [-0.15, -0.1) is 0 Å². The molecule has 0 aromatic heterocycles. The minimum atomic E-state index is -0.417. The summed E-state index contributed by atoms with van der Waals surface area (Å²) in [6.07, 6.45) is 0. The van der Waals surface area contributed by atoms with Crippen molar-refractivity contribution in [2.45, 2.75) is 40.2 Å². The Morgan fingerprint density at radius 1 is 1.38 bits per heavy atom. The summed E-state index contributed by atoms with van der Waals surface area (Å²) >= 11 is 0. The van der Waals surface area contributed by atoms with E-state index in [1.54, 1.807) is 0 Å². The smallest absolute Gasteiger partial charge is 0.310 e. The molecule has 13 heavy (non-hydrogen) atoms. The average molecular weight is 187 g/mol. The second-order valence-electron chi connectivity index (χ2n) is 4.62. The molecule has 3 nitrogen and oxygen atoms in total. The predicted octanol–water partition coefficient (Wildman–Crippen LogP) is 1.56. The molecule has 0 fully saturated rings. The Bertz CT molecular complexity index is 170. The minimum absolute atomic E-state index is 0.181. The van der Waals surface area contributed by atoms with Crippen molar-refractivity contribution in [2.24, 2.45) is 17.6 Å². The maximum absolute atomic E-state index is 11.5. The fraction of sp³-hybridized carbons (Fsp3) is 0.900. The molecule has 0 saturated heterocycles. The molecule has 78 valence electrons. The van der Waals surface area contributed by atoms with E-state index in [-0.39, 0.29) is 17.8 Å². The topological polar surface area (TPSA) is 52.3 Å². The van der Waals surface area contributed by atoms with Crippen molar-refractivity contribution >= 4 is 5.97 Å². The van der Waals surface area contributed by atoms with Crippen molar-refractivity contribution in [1.29, 1.82) is 0 Å². The Balaban J connectivity index is 4.23. The van der Waals surface area contributed by atoms with Crippen LogP contribution in [0, 0.1) is 11.8 Å². The maximum Gasteiger partial charge on any atom is 0.310 e. The molecule has 0 rings (SSSR count). The Morgan fingerprint density at radius 3 is 2.08 bits per heavy atom. The molecule has 0 aromatic rings. The summed E-state index contributed by atoms with van der Waals surface area (Å²) < 4.78 is 5.23. The standard InChI is InChI=1S/C10H21NO2/c1-7(2)8(6-11)9(12)13-10(3,4)5/h7-8H,6,11H2,1-5H3. The van der Waals surface area contributed by atoms with Crippen LogP contribution in [0.25, 0.3) is 0 Å². The van der Waals surface area contributed by atoms with Gasteiger partial charge >= 0.3 is 5.97 Å². The van der Waals surface area contributed by atoms with Crippen LogP contribution in [0.4, 0.5) is 0 Å². The molecule has 0 amide bonds. The quantitative estimate of drug-likeness (QED) is 0.682. The first-order chi connectivity index (χ1) is 5.78. The summed E-state index contributed by atoms with van der Waals surface area (Å²) in [7, 11) is 0. The zero-order valence-electron chi connectivity index (χ0n) is 9.26. The monoisotopic (exact) mass is 187 g/mol. The van der Waals surface area contributed by atoms with E-state index in [1.807, 2.05) is 34.6 Å². The van der Waals surface area contributed by atoms with Crippen LogP contribution in [0.1, 0.15) is 34.6 Å². The first-order valence-electron chi connectivity index (χ1n) is 4.71. The van der Waals surface area contributed by atoms with E-state index in [2.05, 4.69) is 0 Å². The van der Waals surface area contributed by atoms with E-state index >= 15 is 0 Å². The van der Waals surface area contributed by atoms with Gasteiger partial charge in [-0.3, -0.25) is 4.79 Å². The van der Waals surface area contributed by atoms with E-state index in [0.717, 1.165) is 0 Å². The molecule has 0 radical (unpaired) electrons. The second-order valence-corrected chi connectivity index (χ2v) is 4.62. The van der Waals surface area contributed by atoms with Gasteiger partial charge in [-0.1, -0.05) is 13.8 Å². The normalized spacial score (nSPS) is 14.4. The lowest BCUT2D eigenvalue weighted by Crippen LogP contribution is -2.35. The third-order valence-corrected chi connectivity index (χ3v) is 1.77. The van der Waals surface area contributed by atoms with Gasteiger partial charge in [-0.05, 0) is 26.7 Å². The molecular weight excluding hydrogens is 166 g/mol. The summed E-state index contributed by atoms with van der Waals surface area (Å²) in [6, 6.07) is 0. The lowest BCUT2D eigenvalue weighted by molar-refractivity contribution is -0.161. The van der Waals surface area contributed by atoms with Gasteiger partial charge in [0.05, 0.1) is 5.92 Å². The lowest BCUT2D eigenvalue weighted by Gasteiger charge is -2.24. The second kappa shape index (κ2) is 4.61. The van der Waals surface area contributed by atoms with Crippen LogP contribution in [-0.2, 0) is 9.53 Å². The van der Waals surface area contributed by atoms with Gasteiger partial charge in [0.25, 0.3) is 0 Å². The van der Waals surface area contributed by atoms with Crippen molar-refractivity contribution in [3.05, 3.63) is 0 Å². The Hall–Kier alpha value is -0.570. The van der Waals surface area contributed by atoms with Gasteiger partial charge in [0.2, 0.25) is 0 Å². The van der Waals surface area contributed by atoms with Crippen molar-refractivity contribution in [2.75, 3.05) is 6.54 Å². The molecule has 0 spiro atoms. The number of esters is 1. The Kier molecular flexibility index (Phi) is 4.40. The van der Waals surface area contributed by atoms with Crippen molar-refractivity contribution in [3.63, 3.8) is 0 Å². The number of nitrogens with two attached hydrogens (primary N) is 1. The van der Waals surface area contributed by atoms with Gasteiger partial charge in [0.1, 0.15) is 5.60 Å². The predicted molar refractivity (Wildman–Crippen MR) is 53.2 cm³/mol. The molecule has 0 aromatic carbocycles. The number of hydrogen-bond acceptors (Lipinski definition) is 3. The maximum atomic E-state index is 11.5. The third kappa shape index (κ3) is 4.88. The SMILES string of the molecule is CC(C)C(CN)C(=O)OC(C)(C)C. The van der Waals surface area contributed by atoms with Crippen molar-refractivity contribution in [1.82, 2.24) is 0 Å². The first-order valence-corrected chi connectivity index (χ1v) is 4.71. The number of carbonyl (C=O) groups is 1. The van der Waals surface area contributed by atoms with Crippen LogP contribution in [0.15, 0.2) is 0 Å². The van der Waals surface area contributed by atoms with Gasteiger partial charge in [0, 0.05) is 6.54 Å². The highest BCUT2D eigenvalue weighted by Gasteiger charge is 2.26. The number of ether oxygens (including phenoxy) is 1. The lowest BCUT2D eigenvalue weighted by atomic mass is 9.96. The van der Waals surface area contributed by atoms with Crippen LogP contribution in [-0.4, -0.2) is 18.1 Å². The molecule has 1 unspecified atom stereocenters. The van der Waals surface area contributed by atoms with Crippen LogP contribution < -0.4 is 5.73 Å². The zero-order chi connectivity index (χ0) is 10.6. The molecule has 0 saturated carbocycles. The molecule has 0 bridgehead atoms. The molecule has 0 heterocycles. The zero-order valence-corrected chi connectivity index (χ0v) is 9.26. The molecule has 0 aliphatic rings. The van der Waals surface area contributed by atoms with Crippen molar-refractivity contribution in [3.8, 4) is 0 Å². The fourth-order valence-corrected chi connectivity index (χ4v) is 1.02. The highest BCUT2D eigenvalue weighted by atomic mass is 16.6. The summed E-state index contributed by atoms with van der Waals surface area (Å²) in [4.78, 5) is 11.5. The minimum Gasteiger partial charge on any atom is -0.460 e. The van der Waals surface area contributed by atoms with E-state index in [1.165, 1.54) is 0 Å². The Labute approximate surface area is 80.6 Å². The van der Waals surface area contributed by atoms with E-state index in [0.29, 0.717) is 6.54 Å². The number of rotatable bonds is 3. The van der Waals surface area contributed by atoms with E-state index in [9.17, 15) is 4.79 Å². The van der Waals surface area contributed by atoms with E-state index < -0.39 is 5.60 Å². The number of carbonyl (C=O) groups excluding carboxylic acids is 1. The van der Waals surface area contributed by atoms with Crippen LogP contribution in [0.5, 0.6) is 0 Å². The van der Waals surface area contributed by atoms with Crippen LogP contribution in [0.3, 0.4) is 0 Å². The van der Waals surface area contributed by atoms with E-state index in [4.69, 9.17) is 10.5 Å². The van der Waals surface area contributed by atoms with Gasteiger partial charge in [-0.25, -0.2) is 0 Å². The number of hydrogen-bond donors (Lipinski definition) is 1. The Morgan fingerprint density at radius 2 is 1.85 bits per heavy atom. The van der Waals surface area contributed by atoms with Crippen molar-refractivity contribution < 1.29 is 9.53 Å². The first kappa shape index (κ1) is 12.4. The molecule has 2 N–H and O–H groups in total. The summed E-state index contributed by atoms with van der Waals surface area (Å²) in [6.45, 7) is 9.88. The molecule has 0 aliphatic carbocycles. The molecule has 0 aliphatic heterocycles. The highest BCUT2D eigenvalue weighted by Crippen LogP contribution is 2.16. The molecule has 1 atom stereocenters. The van der Waals surface area contributed by atoms with Gasteiger partial charge < -0.3 is 10.5 Å². The van der Waals surface area contributed by atoms with Gasteiger partial charge in [0.15, 0.2) is 0 Å². The summed E-state index contributed by atoms with van der Waals surface area (Å²) in [5, 5.41) is 0. The molecular formula is C10H21NO2. The third-order valence-electron chi connectivity index (χ3n) is 1.77.